The molecule has 0 spiro atoms. The van der Waals surface area contributed by atoms with E-state index in [4.69, 9.17) is 4.74 Å². The topological polar surface area (TPSA) is 78.9 Å². The average molecular weight is 352 g/mol. The maximum atomic E-state index is 13.1. The first-order chi connectivity index (χ1) is 11.8. The largest absolute Gasteiger partial charge is 0.516 e. The molecule has 0 aromatic heterocycles. The van der Waals surface area contributed by atoms with Crippen LogP contribution in [0.25, 0.3) is 5.57 Å². The number of hydrogen-bond acceptors (Lipinski definition) is 6. The number of ether oxygens (including phenoxy) is 3. The highest BCUT2D eigenvalue weighted by molar-refractivity contribution is 6.18. The molecular weight excluding hydrogens is 331 g/mol. The Morgan fingerprint density at radius 3 is 2.36 bits per heavy atom. The lowest BCUT2D eigenvalue weighted by atomic mass is 10.0. The Labute approximate surface area is 145 Å². The van der Waals surface area contributed by atoms with Crippen LogP contribution in [-0.4, -0.2) is 31.8 Å². The molecule has 0 amide bonds. The number of esters is 2. The molecule has 0 radical (unpaired) electrons. The van der Waals surface area contributed by atoms with Crippen molar-refractivity contribution in [3.05, 3.63) is 41.7 Å². The zero-order valence-electron chi connectivity index (χ0n) is 14.4. The van der Waals surface area contributed by atoms with Gasteiger partial charge in [0.15, 0.2) is 0 Å². The monoisotopic (exact) mass is 352 g/mol. The second-order valence-electron chi connectivity index (χ2n) is 5.58. The first kappa shape index (κ1) is 20.3. The number of halogens is 1. The fourth-order valence-electron chi connectivity index (χ4n) is 1.78. The molecule has 0 unspecified atom stereocenters. The number of hydrogen-bond donors (Lipinski definition) is 0. The van der Waals surface area contributed by atoms with E-state index in [1.54, 1.807) is 0 Å². The van der Waals surface area contributed by atoms with Crippen LogP contribution in [0.3, 0.4) is 0 Å². The normalized spacial score (nSPS) is 11.2. The SMILES string of the molecule is COC(=O)CC/C=C(\C(=O)OC(=O)OCC(C)C)c1ccc(F)cc1. The van der Waals surface area contributed by atoms with Gasteiger partial charge in [-0.25, -0.2) is 14.0 Å². The molecule has 0 heterocycles. The zero-order chi connectivity index (χ0) is 18.8. The van der Waals surface area contributed by atoms with Crippen molar-refractivity contribution in [2.75, 3.05) is 13.7 Å². The quantitative estimate of drug-likeness (QED) is 0.424. The van der Waals surface area contributed by atoms with E-state index < -0.39 is 23.9 Å². The van der Waals surface area contributed by atoms with Crippen molar-refractivity contribution in [1.82, 2.24) is 0 Å². The molecule has 0 aliphatic heterocycles. The van der Waals surface area contributed by atoms with Crippen molar-refractivity contribution >= 4 is 23.7 Å². The lowest BCUT2D eigenvalue weighted by molar-refractivity contribution is -0.140. The van der Waals surface area contributed by atoms with Crippen LogP contribution < -0.4 is 0 Å². The number of carbonyl (C=O) groups is 3. The van der Waals surface area contributed by atoms with Crippen molar-refractivity contribution in [3.8, 4) is 0 Å². The van der Waals surface area contributed by atoms with Crippen LogP contribution >= 0.6 is 0 Å². The Kier molecular flexibility index (Phi) is 8.32. The highest BCUT2D eigenvalue weighted by Gasteiger charge is 2.19. The van der Waals surface area contributed by atoms with Gasteiger partial charge >= 0.3 is 18.1 Å². The Bertz CT molecular complexity index is 633. The van der Waals surface area contributed by atoms with Crippen LogP contribution in [0.5, 0.6) is 0 Å². The van der Waals surface area contributed by atoms with Gasteiger partial charge in [0, 0.05) is 6.42 Å². The molecule has 7 heteroatoms. The van der Waals surface area contributed by atoms with Crippen LogP contribution in [0.4, 0.5) is 9.18 Å². The van der Waals surface area contributed by atoms with Gasteiger partial charge in [0.2, 0.25) is 0 Å². The third-order valence-corrected chi connectivity index (χ3v) is 3.01. The summed E-state index contributed by atoms with van der Waals surface area (Å²) >= 11 is 0. The van der Waals surface area contributed by atoms with Gasteiger partial charge in [-0.3, -0.25) is 4.79 Å². The summed E-state index contributed by atoms with van der Waals surface area (Å²) in [6.07, 6.45) is 0.559. The maximum absolute atomic E-state index is 13.1. The molecule has 0 fully saturated rings. The molecule has 0 saturated carbocycles. The van der Waals surface area contributed by atoms with Crippen LogP contribution in [0.1, 0.15) is 32.3 Å². The lowest BCUT2D eigenvalue weighted by Gasteiger charge is -2.09. The third-order valence-electron chi connectivity index (χ3n) is 3.01. The van der Waals surface area contributed by atoms with Gasteiger partial charge in [-0.15, -0.1) is 0 Å². The molecule has 1 aromatic carbocycles. The predicted molar refractivity (Wildman–Crippen MR) is 87.9 cm³/mol. The van der Waals surface area contributed by atoms with Crippen molar-refractivity contribution in [2.24, 2.45) is 5.92 Å². The van der Waals surface area contributed by atoms with E-state index >= 15 is 0 Å². The number of carbonyl (C=O) groups excluding carboxylic acids is 3. The molecular formula is C18H21FO6. The summed E-state index contributed by atoms with van der Waals surface area (Å²) in [5.41, 5.74) is 0.387. The van der Waals surface area contributed by atoms with Crippen LogP contribution in [-0.2, 0) is 23.8 Å². The predicted octanol–water partition coefficient (Wildman–Crippen LogP) is 3.50. The molecule has 0 aliphatic carbocycles. The molecule has 0 saturated heterocycles. The minimum Gasteiger partial charge on any atom is -0.469 e. The van der Waals surface area contributed by atoms with Gasteiger partial charge < -0.3 is 14.2 Å². The fourth-order valence-corrected chi connectivity index (χ4v) is 1.78. The van der Waals surface area contributed by atoms with E-state index in [1.165, 1.54) is 37.5 Å². The first-order valence-corrected chi connectivity index (χ1v) is 7.75. The maximum Gasteiger partial charge on any atom is 0.516 e. The highest BCUT2D eigenvalue weighted by atomic mass is 19.1. The Morgan fingerprint density at radius 1 is 1.16 bits per heavy atom. The Morgan fingerprint density at radius 2 is 1.80 bits per heavy atom. The van der Waals surface area contributed by atoms with Crippen molar-refractivity contribution in [1.29, 1.82) is 0 Å². The molecule has 0 N–H and O–H groups in total. The Balaban J connectivity index is 2.87. The van der Waals surface area contributed by atoms with Crippen molar-refractivity contribution in [2.45, 2.75) is 26.7 Å². The summed E-state index contributed by atoms with van der Waals surface area (Å²) < 4.78 is 27.0. The number of benzene rings is 1. The Hall–Kier alpha value is -2.70. The lowest BCUT2D eigenvalue weighted by Crippen LogP contribution is -2.17. The molecule has 1 rings (SSSR count). The van der Waals surface area contributed by atoms with Gasteiger partial charge in [-0.05, 0) is 30.0 Å². The van der Waals surface area contributed by atoms with Crippen LogP contribution in [0.15, 0.2) is 30.3 Å². The minimum absolute atomic E-state index is 0.0328. The summed E-state index contributed by atoms with van der Waals surface area (Å²) in [4.78, 5) is 35.0. The van der Waals surface area contributed by atoms with E-state index in [-0.39, 0.29) is 30.9 Å². The molecule has 0 aliphatic rings. The molecule has 0 bridgehead atoms. The molecule has 136 valence electrons. The second kappa shape index (κ2) is 10.2. The van der Waals surface area contributed by atoms with E-state index in [0.29, 0.717) is 5.56 Å². The van der Waals surface area contributed by atoms with Crippen molar-refractivity contribution < 1.29 is 33.0 Å². The van der Waals surface area contributed by atoms with E-state index in [0.717, 1.165) is 0 Å². The molecule has 0 atom stereocenters. The summed E-state index contributed by atoms with van der Waals surface area (Å²) in [5, 5.41) is 0. The summed E-state index contributed by atoms with van der Waals surface area (Å²) in [5.74, 6) is -1.76. The van der Waals surface area contributed by atoms with Gasteiger partial charge in [0.25, 0.3) is 0 Å². The van der Waals surface area contributed by atoms with E-state index in [1.807, 2.05) is 13.8 Å². The summed E-state index contributed by atoms with van der Waals surface area (Å²) in [7, 11) is 1.26. The summed E-state index contributed by atoms with van der Waals surface area (Å²) in [6, 6.07) is 5.10. The molecule has 6 nitrogen and oxygen atoms in total. The molecule has 25 heavy (non-hydrogen) atoms. The van der Waals surface area contributed by atoms with E-state index in [9.17, 15) is 18.8 Å². The van der Waals surface area contributed by atoms with Gasteiger partial charge in [-0.2, -0.15) is 0 Å². The zero-order valence-corrected chi connectivity index (χ0v) is 14.4. The van der Waals surface area contributed by atoms with Crippen LogP contribution in [0, 0.1) is 11.7 Å². The number of rotatable bonds is 7. The standard InChI is InChI=1S/C18H21FO6/c1-12(2)11-24-18(22)25-17(21)15(5-4-6-16(20)23-3)13-7-9-14(19)10-8-13/h5,7-10,12H,4,6,11H2,1-3H3/b15-5-. The third kappa shape index (κ3) is 7.60. The summed E-state index contributed by atoms with van der Waals surface area (Å²) in [6.45, 7) is 3.79. The minimum atomic E-state index is -1.11. The van der Waals surface area contributed by atoms with Gasteiger partial charge in [0.05, 0.1) is 19.3 Å². The average Bonchev–Trinajstić information content (AvgIpc) is 2.57. The van der Waals surface area contributed by atoms with E-state index in [2.05, 4.69) is 9.47 Å². The number of allylic oxidation sites excluding steroid dienone is 1. The van der Waals surface area contributed by atoms with Crippen molar-refractivity contribution in [3.63, 3.8) is 0 Å². The highest BCUT2D eigenvalue weighted by Crippen LogP contribution is 2.19. The van der Waals surface area contributed by atoms with Gasteiger partial charge in [-0.1, -0.05) is 32.1 Å². The smallest absolute Gasteiger partial charge is 0.469 e. The fraction of sp³-hybridized carbons (Fsp3) is 0.389. The number of methoxy groups -OCH3 is 1. The van der Waals surface area contributed by atoms with Crippen LogP contribution in [0.2, 0.25) is 0 Å². The molecule has 1 aromatic rings. The first-order valence-electron chi connectivity index (χ1n) is 7.75. The van der Waals surface area contributed by atoms with Gasteiger partial charge in [0.1, 0.15) is 5.82 Å². The second-order valence-corrected chi connectivity index (χ2v) is 5.58.